The third kappa shape index (κ3) is 3.75. The summed E-state index contributed by atoms with van der Waals surface area (Å²) in [5.74, 6) is 0. The van der Waals surface area contributed by atoms with Gasteiger partial charge in [-0.2, -0.15) is 4.31 Å². The lowest BCUT2D eigenvalue weighted by atomic mass is 10.0. The van der Waals surface area contributed by atoms with Crippen LogP contribution in [0.1, 0.15) is 35.6 Å². The molecule has 3 nitrogen and oxygen atoms in total. The maximum absolute atomic E-state index is 13.7. The molecule has 4 rings (SSSR count). The number of hydrogen-bond acceptors (Lipinski definition) is 2. The molecular formula is C24H25NO2S. The molecule has 144 valence electrons. The van der Waals surface area contributed by atoms with E-state index < -0.39 is 10.0 Å². The van der Waals surface area contributed by atoms with E-state index in [4.69, 9.17) is 0 Å². The summed E-state index contributed by atoms with van der Waals surface area (Å²) in [7, 11) is -3.59. The van der Waals surface area contributed by atoms with Crippen molar-refractivity contribution in [1.82, 2.24) is 4.31 Å². The second-order valence-corrected chi connectivity index (χ2v) is 9.34. The summed E-state index contributed by atoms with van der Waals surface area (Å²) in [6.07, 6.45) is 2.43. The van der Waals surface area contributed by atoms with Gasteiger partial charge in [-0.1, -0.05) is 78.4 Å². The van der Waals surface area contributed by atoms with Gasteiger partial charge in [-0.3, -0.25) is 0 Å². The highest BCUT2D eigenvalue weighted by Crippen LogP contribution is 2.41. The smallest absolute Gasteiger partial charge is 0.207 e. The maximum Gasteiger partial charge on any atom is 0.243 e. The highest BCUT2D eigenvalue weighted by Gasteiger charge is 2.42. The summed E-state index contributed by atoms with van der Waals surface area (Å²) >= 11 is 0. The fraction of sp³-hybridized carbons (Fsp3) is 0.250. The van der Waals surface area contributed by atoms with Gasteiger partial charge in [0.1, 0.15) is 0 Å². The molecule has 0 amide bonds. The summed E-state index contributed by atoms with van der Waals surface area (Å²) in [4.78, 5) is 0.374. The first-order valence-corrected chi connectivity index (χ1v) is 11.2. The number of nitrogens with zero attached hydrogens (tertiary/aromatic N) is 1. The van der Waals surface area contributed by atoms with Gasteiger partial charge in [0, 0.05) is 6.04 Å². The van der Waals surface area contributed by atoms with Crippen molar-refractivity contribution in [1.29, 1.82) is 0 Å². The van der Waals surface area contributed by atoms with Crippen molar-refractivity contribution in [2.45, 2.75) is 43.2 Å². The highest BCUT2D eigenvalue weighted by atomic mass is 32.2. The number of rotatable bonds is 5. The van der Waals surface area contributed by atoms with Crippen molar-refractivity contribution in [2.24, 2.45) is 0 Å². The van der Waals surface area contributed by atoms with Crippen LogP contribution in [0.3, 0.4) is 0 Å². The predicted molar refractivity (Wildman–Crippen MR) is 113 cm³/mol. The minimum atomic E-state index is -3.59. The molecule has 1 aliphatic heterocycles. The van der Waals surface area contributed by atoms with Gasteiger partial charge in [0.25, 0.3) is 0 Å². The lowest BCUT2D eigenvalue weighted by molar-refractivity contribution is 0.324. The average Bonchev–Trinajstić information content (AvgIpc) is 3.14. The molecule has 0 spiro atoms. The number of aryl methyl sites for hydroxylation is 1. The molecule has 1 aliphatic rings. The molecular weight excluding hydrogens is 366 g/mol. The van der Waals surface area contributed by atoms with Gasteiger partial charge in [-0.15, -0.1) is 0 Å². The Morgan fingerprint density at radius 3 is 2.07 bits per heavy atom. The van der Waals surface area contributed by atoms with Crippen LogP contribution < -0.4 is 0 Å². The first-order valence-electron chi connectivity index (χ1n) is 9.75. The van der Waals surface area contributed by atoms with Gasteiger partial charge < -0.3 is 0 Å². The molecule has 0 saturated carbocycles. The van der Waals surface area contributed by atoms with Crippen molar-refractivity contribution in [3.05, 3.63) is 102 Å². The Balaban J connectivity index is 1.74. The zero-order valence-electron chi connectivity index (χ0n) is 16.0. The van der Waals surface area contributed by atoms with Crippen molar-refractivity contribution < 1.29 is 8.42 Å². The van der Waals surface area contributed by atoms with Gasteiger partial charge in [0.05, 0.1) is 10.9 Å². The van der Waals surface area contributed by atoms with Crippen LogP contribution in [0.2, 0.25) is 0 Å². The van der Waals surface area contributed by atoms with E-state index in [1.165, 1.54) is 5.56 Å². The lowest BCUT2D eigenvalue weighted by Crippen LogP contribution is -2.38. The van der Waals surface area contributed by atoms with Crippen LogP contribution >= 0.6 is 0 Å². The van der Waals surface area contributed by atoms with Gasteiger partial charge in [0.2, 0.25) is 10.0 Å². The molecule has 3 aromatic rings. The summed E-state index contributed by atoms with van der Waals surface area (Å²) in [6, 6.07) is 27.2. The molecule has 28 heavy (non-hydrogen) atoms. The molecule has 0 aliphatic carbocycles. The van der Waals surface area contributed by atoms with Crippen LogP contribution in [0.5, 0.6) is 0 Å². The molecule has 3 aromatic carbocycles. The minimum absolute atomic E-state index is 0.0427. The topological polar surface area (TPSA) is 37.4 Å². The molecule has 0 aromatic heterocycles. The molecule has 4 heteroatoms. The lowest BCUT2D eigenvalue weighted by Gasteiger charge is -2.30. The molecule has 0 radical (unpaired) electrons. The van der Waals surface area contributed by atoms with Crippen LogP contribution in [0.25, 0.3) is 0 Å². The van der Waals surface area contributed by atoms with Crippen LogP contribution in [0.4, 0.5) is 0 Å². The number of sulfonamides is 1. The number of benzene rings is 3. The van der Waals surface area contributed by atoms with E-state index in [9.17, 15) is 8.42 Å². The van der Waals surface area contributed by atoms with E-state index in [1.807, 2.05) is 67.6 Å². The Morgan fingerprint density at radius 2 is 1.43 bits per heavy atom. The Morgan fingerprint density at radius 1 is 0.821 bits per heavy atom. The molecule has 0 bridgehead atoms. The van der Waals surface area contributed by atoms with Crippen molar-refractivity contribution in [2.75, 3.05) is 0 Å². The first kappa shape index (κ1) is 18.9. The third-order valence-electron chi connectivity index (χ3n) is 5.54. The zero-order chi connectivity index (χ0) is 19.6. The molecule has 2 atom stereocenters. The summed E-state index contributed by atoms with van der Waals surface area (Å²) in [5, 5.41) is 0. The highest BCUT2D eigenvalue weighted by molar-refractivity contribution is 7.89. The van der Waals surface area contributed by atoms with Gasteiger partial charge in [-0.25, -0.2) is 8.42 Å². The average molecular weight is 392 g/mol. The largest absolute Gasteiger partial charge is 0.243 e. The quantitative estimate of drug-likeness (QED) is 0.604. The molecule has 1 fully saturated rings. The Kier molecular flexibility index (Phi) is 5.33. The van der Waals surface area contributed by atoms with Crippen molar-refractivity contribution in [3.8, 4) is 0 Å². The van der Waals surface area contributed by atoms with Crippen LogP contribution in [-0.2, 0) is 16.4 Å². The fourth-order valence-electron chi connectivity index (χ4n) is 4.12. The van der Waals surface area contributed by atoms with E-state index in [0.717, 1.165) is 30.4 Å². The Hall–Kier alpha value is -2.43. The Labute approximate surface area is 167 Å². The molecule has 2 unspecified atom stereocenters. The summed E-state index contributed by atoms with van der Waals surface area (Å²) in [5.41, 5.74) is 3.29. The third-order valence-corrected chi connectivity index (χ3v) is 7.51. The van der Waals surface area contributed by atoms with Crippen molar-refractivity contribution in [3.63, 3.8) is 0 Å². The van der Waals surface area contributed by atoms with E-state index in [0.29, 0.717) is 4.90 Å². The predicted octanol–water partition coefficient (Wildman–Crippen LogP) is 5.13. The van der Waals surface area contributed by atoms with Gasteiger partial charge >= 0.3 is 0 Å². The maximum atomic E-state index is 13.7. The Bertz CT molecular complexity index is 1020. The standard InChI is InChI=1S/C24H25NO2S/c1-19-12-15-23(16-13-19)28(26,27)25-22(18-20-8-4-2-5-9-20)14-17-24(25)21-10-6-3-7-11-21/h2-13,15-16,22,24H,14,17-18H2,1H3. The van der Waals surface area contributed by atoms with E-state index in [1.54, 1.807) is 16.4 Å². The summed E-state index contributed by atoms with van der Waals surface area (Å²) < 4.78 is 29.1. The number of hydrogen-bond donors (Lipinski definition) is 0. The van der Waals surface area contributed by atoms with Crippen LogP contribution in [-0.4, -0.2) is 18.8 Å². The van der Waals surface area contributed by atoms with E-state index in [2.05, 4.69) is 12.1 Å². The molecule has 1 heterocycles. The zero-order valence-corrected chi connectivity index (χ0v) is 16.8. The van der Waals surface area contributed by atoms with Crippen LogP contribution in [0.15, 0.2) is 89.8 Å². The second-order valence-electron chi connectivity index (χ2n) is 7.50. The van der Waals surface area contributed by atoms with Crippen LogP contribution in [0, 0.1) is 6.92 Å². The fourth-order valence-corrected chi connectivity index (χ4v) is 5.98. The normalized spacial score (nSPS) is 20.3. The monoisotopic (exact) mass is 391 g/mol. The first-order chi connectivity index (χ1) is 13.6. The van der Waals surface area contributed by atoms with E-state index in [-0.39, 0.29) is 12.1 Å². The van der Waals surface area contributed by atoms with E-state index >= 15 is 0 Å². The van der Waals surface area contributed by atoms with Crippen molar-refractivity contribution >= 4 is 10.0 Å². The second kappa shape index (κ2) is 7.90. The van der Waals surface area contributed by atoms with Gasteiger partial charge in [0.15, 0.2) is 0 Å². The molecule has 0 N–H and O–H groups in total. The minimum Gasteiger partial charge on any atom is -0.207 e. The van der Waals surface area contributed by atoms with Gasteiger partial charge in [-0.05, 0) is 49.4 Å². The molecule has 1 saturated heterocycles. The SMILES string of the molecule is Cc1ccc(S(=O)(=O)N2C(Cc3ccccc3)CCC2c2ccccc2)cc1. The summed E-state index contributed by atoms with van der Waals surface area (Å²) in [6.45, 7) is 1.97.